The molecular formula is C21H24F3N3O6S. The lowest BCUT2D eigenvalue weighted by atomic mass is 9.90. The minimum Gasteiger partial charge on any atom is -0.355 e. The molecule has 0 fully saturated rings. The molecule has 0 atom stereocenters. The number of aryl methyl sites for hydroxylation is 2. The van der Waals surface area contributed by atoms with Crippen molar-refractivity contribution in [2.45, 2.75) is 60.0 Å². The Hall–Kier alpha value is -3.22. The van der Waals surface area contributed by atoms with Crippen molar-refractivity contribution in [2.75, 3.05) is 0 Å². The van der Waals surface area contributed by atoms with Gasteiger partial charge in [-0.05, 0) is 58.2 Å². The number of benzene rings is 1. The monoisotopic (exact) mass is 503 g/mol. The quantitative estimate of drug-likeness (QED) is 0.162. The third-order valence-electron chi connectivity index (χ3n) is 5.22. The molecule has 186 valence electrons. The summed E-state index contributed by atoms with van der Waals surface area (Å²) in [4.78, 5) is 24.5. The van der Waals surface area contributed by atoms with Gasteiger partial charge in [0, 0.05) is 18.2 Å². The molecule has 1 heterocycles. The molecule has 2 aromatic rings. The van der Waals surface area contributed by atoms with Gasteiger partial charge in [0.1, 0.15) is 5.56 Å². The number of hydrogen-bond acceptors (Lipinski definition) is 7. The third kappa shape index (κ3) is 4.98. The Morgan fingerprint density at radius 2 is 1.76 bits per heavy atom. The molecule has 0 N–H and O–H groups in total. The van der Waals surface area contributed by atoms with Crippen LogP contribution in [0.5, 0.6) is 5.88 Å². The van der Waals surface area contributed by atoms with Crippen LogP contribution in [-0.4, -0.2) is 34.4 Å². The van der Waals surface area contributed by atoms with Gasteiger partial charge in [0.15, 0.2) is 0 Å². The molecular weight excluding hydrogens is 479 g/mol. The predicted molar refractivity (Wildman–Crippen MR) is 118 cm³/mol. The van der Waals surface area contributed by atoms with E-state index in [0.29, 0.717) is 12.0 Å². The Labute approximate surface area is 194 Å². The normalized spacial score (nSPS) is 11.9. The standard InChI is InChI=1S/C21H24F3N3O6S/c1-7-10-26-20(33-34(31,32)21(22,23)24)18(14(6)25-26)19(28)15-8-9-16(27(29)30)17(13(15)5)12(4)11(2)3/h8-9H,7,10H2,1-6H3. The number of aromatic nitrogens is 2. The van der Waals surface area contributed by atoms with Gasteiger partial charge in [-0.1, -0.05) is 12.5 Å². The van der Waals surface area contributed by atoms with E-state index in [2.05, 4.69) is 9.28 Å². The summed E-state index contributed by atoms with van der Waals surface area (Å²) < 4.78 is 67.7. The molecule has 0 saturated heterocycles. The van der Waals surface area contributed by atoms with E-state index in [0.717, 1.165) is 16.3 Å². The van der Waals surface area contributed by atoms with E-state index in [-0.39, 0.29) is 34.6 Å². The zero-order valence-corrected chi connectivity index (χ0v) is 20.2. The molecule has 0 unspecified atom stereocenters. The number of rotatable bonds is 8. The Balaban J connectivity index is 2.82. The van der Waals surface area contributed by atoms with E-state index in [4.69, 9.17) is 0 Å². The van der Waals surface area contributed by atoms with Crippen LogP contribution in [0.4, 0.5) is 18.9 Å². The second-order valence-corrected chi connectivity index (χ2v) is 9.35. The van der Waals surface area contributed by atoms with Crippen LogP contribution in [-0.2, 0) is 16.7 Å². The number of nitro groups is 1. The summed E-state index contributed by atoms with van der Waals surface area (Å²) in [5.74, 6) is -1.73. The maximum absolute atomic E-state index is 13.5. The molecule has 0 aliphatic heterocycles. The Kier molecular flexibility index (Phi) is 7.60. The number of ketones is 1. The van der Waals surface area contributed by atoms with Gasteiger partial charge >= 0.3 is 15.6 Å². The molecule has 1 aromatic carbocycles. The molecule has 0 spiro atoms. The SMILES string of the molecule is CCCn1nc(C)c(C(=O)c2ccc([N+](=O)[O-])c(C(C)=C(C)C)c2C)c1OS(=O)(=O)C(F)(F)F. The fourth-order valence-electron chi connectivity index (χ4n) is 3.37. The van der Waals surface area contributed by atoms with E-state index in [1.165, 1.54) is 19.9 Å². The second kappa shape index (κ2) is 9.57. The zero-order chi connectivity index (χ0) is 26.2. The van der Waals surface area contributed by atoms with Crippen LogP contribution in [0.2, 0.25) is 0 Å². The van der Waals surface area contributed by atoms with Crippen molar-refractivity contribution >= 4 is 27.2 Å². The summed E-state index contributed by atoms with van der Waals surface area (Å²) in [5, 5.41) is 15.6. The first kappa shape index (κ1) is 27.0. The van der Waals surface area contributed by atoms with Crippen LogP contribution in [0.3, 0.4) is 0 Å². The molecule has 0 aliphatic rings. The first-order valence-electron chi connectivity index (χ1n) is 10.1. The summed E-state index contributed by atoms with van der Waals surface area (Å²) >= 11 is 0. The van der Waals surface area contributed by atoms with E-state index < -0.39 is 37.8 Å². The van der Waals surface area contributed by atoms with Crippen molar-refractivity contribution in [3.05, 3.63) is 55.8 Å². The van der Waals surface area contributed by atoms with Crippen molar-refractivity contribution < 1.29 is 35.5 Å². The summed E-state index contributed by atoms with van der Waals surface area (Å²) in [6.45, 7) is 9.58. The Morgan fingerprint density at radius 1 is 1.18 bits per heavy atom. The highest BCUT2D eigenvalue weighted by Crippen LogP contribution is 2.36. The summed E-state index contributed by atoms with van der Waals surface area (Å²) in [6.07, 6.45) is 0.359. The van der Waals surface area contributed by atoms with Gasteiger partial charge in [-0.25, -0.2) is 4.68 Å². The number of carbonyl (C=O) groups is 1. The first-order valence-corrected chi connectivity index (χ1v) is 11.5. The maximum atomic E-state index is 13.5. The minimum absolute atomic E-state index is 0.0157. The number of alkyl halides is 3. The van der Waals surface area contributed by atoms with Crippen LogP contribution >= 0.6 is 0 Å². The van der Waals surface area contributed by atoms with Gasteiger partial charge < -0.3 is 4.18 Å². The van der Waals surface area contributed by atoms with Gasteiger partial charge in [0.05, 0.1) is 16.2 Å². The number of allylic oxidation sites excluding steroid dienone is 2. The number of carbonyl (C=O) groups excluding carboxylic acids is 1. The van der Waals surface area contributed by atoms with Crippen molar-refractivity contribution in [3.63, 3.8) is 0 Å². The number of hydrogen-bond donors (Lipinski definition) is 0. The largest absolute Gasteiger partial charge is 0.534 e. The number of nitrogens with zero attached hydrogens (tertiary/aromatic N) is 3. The Bertz CT molecular complexity index is 1290. The second-order valence-electron chi connectivity index (χ2n) is 7.82. The van der Waals surface area contributed by atoms with Gasteiger partial charge in [-0.3, -0.25) is 14.9 Å². The van der Waals surface area contributed by atoms with E-state index in [1.54, 1.807) is 27.7 Å². The lowest BCUT2D eigenvalue weighted by Crippen LogP contribution is -2.29. The molecule has 2 rings (SSSR count). The van der Waals surface area contributed by atoms with Gasteiger partial charge in [0.25, 0.3) is 5.69 Å². The van der Waals surface area contributed by atoms with Gasteiger partial charge in [0.2, 0.25) is 11.7 Å². The lowest BCUT2D eigenvalue weighted by Gasteiger charge is -2.15. The molecule has 1 aromatic heterocycles. The Morgan fingerprint density at radius 3 is 2.24 bits per heavy atom. The van der Waals surface area contributed by atoms with Crippen LogP contribution in [0, 0.1) is 24.0 Å². The highest BCUT2D eigenvalue weighted by molar-refractivity contribution is 7.88. The van der Waals surface area contributed by atoms with Crippen molar-refractivity contribution in [2.24, 2.45) is 0 Å². The molecule has 0 saturated carbocycles. The fourth-order valence-corrected chi connectivity index (χ4v) is 3.85. The van der Waals surface area contributed by atoms with Crippen molar-refractivity contribution in [1.29, 1.82) is 0 Å². The fraction of sp³-hybridized carbons (Fsp3) is 0.429. The van der Waals surface area contributed by atoms with Crippen molar-refractivity contribution in [3.8, 4) is 5.88 Å². The van der Waals surface area contributed by atoms with Gasteiger partial charge in [-0.15, -0.1) is 0 Å². The highest BCUT2D eigenvalue weighted by atomic mass is 32.2. The number of nitro benzene ring substituents is 1. The average Bonchev–Trinajstić information content (AvgIpc) is 3.00. The van der Waals surface area contributed by atoms with Crippen LogP contribution in [0.1, 0.15) is 66.9 Å². The van der Waals surface area contributed by atoms with Crippen LogP contribution in [0.15, 0.2) is 17.7 Å². The first-order chi connectivity index (χ1) is 15.5. The van der Waals surface area contributed by atoms with Crippen LogP contribution in [0.25, 0.3) is 5.57 Å². The zero-order valence-electron chi connectivity index (χ0n) is 19.4. The molecule has 13 heteroatoms. The lowest BCUT2D eigenvalue weighted by molar-refractivity contribution is -0.385. The molecule has 0 bridgehead atoms. The summed E-state index contributed by atoms with van der Waals surface area (Å²) in [7, 11) is -6.09. The highest BCUT2D eigenvalue weighted by Gasteiger charge is 2.50. The minimum atomic E-state index is -6.09. The van der Waals surface area contributed by atoms with Crippen molar-refractivity contribution in [1.82, 2.24) is 9.78 Å². The molecule has 0 aliphatic carbocycles. The number of halogens is 3. The summed E-state index contributed by atoms with van der Waals surface area (Å²) in [5.41, 5.74) is -4.85. The third-order valence-corrected chi connectivity index (χ3v) is 6.17. The molecule has 34 heavy (non-hydrogen) atoms. The van der Waals surface area contributed by atoms with E-state index in [9.17, 15) is 36.5 Å². The van der Waals surface area contributed by atoms with Crippen LogP contribution < -0.4 is 4.18 Å². The average molecular weight is 503 g/mol. The molecule has 9 nitrogen and oxygen atoms in total. The smallest absolute Gasteiger partial charge is 0.355 e. The topological polar surface area (TPSA) is 121 Å². The maximum Gasteiger partial charge on any atom is 0.534 e. The molecule has 0 amide bonds. The van der Waals surface area contributed by atoms with E-state index in [1.807, 2.05) is 0 Å². The predicted octanol–water partition coefficient (Wildman–Crippen LogP) is 5.09. The van der Waals surface area contributed by atoms with E-state index >= 15 is 0 Å². The van der Waals surface area contributed by atoms with Gasteiger partial charge in [-0.2, -0.15) is 26.7 Å². The summed E-state index contributed by atoms with van der Waals surface area (Å²) in [6, 6.07) is 2.30. The molecule has 0 radical (unpaired) electrons.